The Kier molecular flexibility index (Phi) is 4.66. The zero-order valence-electron chi connectivity index (χ0n) is 11.8. The van der Waals surface area contributed by atoms with Crippen LogP contribution in [0.2, 0.25) is 0 Å². The van der Waals surface area contributed by atoms with E-state index in [2.05, 4.69) is 6.58 Å². The molecule has 0 heterocycles. The predicted molar refractivity (Wildman–Crippen MR) is 80.4 cm³/mol. The van der Waals surface area contributed by atoms with Crippen LogP contribution in [0.5, 0.6) is 17.2 Å². The molecule has 20 heavy (non-hydrogen) atoms. The highest BCUT2D eigenvalue weighted by molar-refractivity contribution is 5.54. The lowest BCUT2D eigenvalue weighted by atomic mass is 10.2. The fourth-order valence-corrected chi connectivity index (χ4v) is 1.81. The van der Waals surface area contributed by atoms with Gasteiger partial charge in [0.05, 0.1) is 14.2 Å². The molecule has 0 fully saturated rings. The number of rotatable bonds is 6. The van der Waals surface area contributed by atoms with Gasteiger partial charge in [-0.25, -0.2) is 0 Å². The summed E-state index contributed by atoms with van der Waals surface area (Å²) in [6.45, 7) is 4.22. The van der Waals surface area contributed by atoms with Gasteiger partial charge in [-0.15, -0.1) is 0 Å². The average molecular weight is 270 g/mol. The molecule has 0 N–H and O–H groups in total. The molecule has 0 amide bonds. The van der Waals surface area contributed by atoms with Gasteiger partial charge in [0.2, 0.25) is 0 Å². The Morgan fingerprint density at radius 2 is 1.70 bits per heavy atom. The zero-order chi connectivity index (χ0) is 14.4. The first kappa shape index (κ1) is 14.0. The van der Waals surface area contributed by atoms with Gasteiger partial charge in [-0.1, -0.05) is 30.9 Å². The van der Waals surface area contributed by atoms with E-state index in [1.807, 2.05) is 42.5 Å². The van der Waals surface area contributed by atoms with Gasteiger partial charge in [0, 0.05) is 0 Å². The summed E-state index contributed by atoms with van der Waals surface area (Å²) in [6.07, 6.45) is 1.77. The molecule has 2 rings (SSSR count). The number of benzene rings is 2. The average Bonchev–Trinajstić information content (AvgIpc) is 2.53. The molecular formula is C17H18O3. The third-order valence-electron chi connectivity index (χ3n) is 2.98. The minimum Gasteiger partial charge on any atom is -0.497 e. The summed E-state index contributed by atoms with van der Waals surface area (Å²) in [5, 5.41) is 0. The Bertz CT molecular complexity index is 573. The largest absolute Gasteiger partial charge is 0.497 e. The highest BCUT2D eigenvalue weighted by Gasteiger charge is 2.05. The van der Waals surface area contributed by atoms with Gasteiger partial charge in [0.1, 0.15) is 12.4 Å². The van der Waals surface area contributed by atoms with E-state index in [4.69, 9.17) is 14.2 Å². The second-order valence-corrected chi connectivity index (χ2v) is 4.25. The van der Waals surface area contributed by atoms with E-state index >= 15 is 0 Å². The van der Waals surface area contributed by atoms with Crippen molar-refractivity contribution in [2.45, 2.75) is 6.61 Å². The van der Waals surface area contributed by atoms with Crippen molar-refractivity contribution in [3.05, 3.63) is 60.2 Å². The van der Waals surface area contributed by atoms with Crippen LogP contribution in [0.25, 0.3) is 6.08 Å². The zero-order valence-corrected chi connectivity index (χ0v) is 11.8. The summed E-state index contributed by atoms with van der Waals surface area (Å²) >= 11 is 0. The summed E-state index contributed by atoms with van der Waals surface area (Å²) in [5.41, 5.74) is 2.07. The number of hydrogen-bond acceptors (Lipinski definition) is 3. The molecule has 2 aromatic rings. The van der Waals surface area contributed by atoms with E-state index in [9.17, 15) is 0 Å². The van der Waals surface area contributed by atoms with Crippen molar-refractivity contribution in [3.8, 4) is 17.2 Å². The van der Waals surface area contributed by atoms with E-state index in [-0.39, 0.29) is 0 Å². The van der Waals surface area contributed by atoms with Gasteiger partial charge >= 0.3 is 0 Å². The molecule has 0 aromatic heterocycles. The smallest absolute Gasteiger partial charge is 0.161 e. The fraction of sp³-hybridized carbons (Fsp3) is 0.176. The first-order valence-electron chi connectivity index (χ1n) is 6.33. The molecule has 0 spiro atoms. The van der Waals surface area contributed by atoms with E-state index in [0.29, 0.717) is 18.1 Å². The molecule has 0 saturated carbocycles. The molecule has 0 bridgehead atoms. The minimum atomic E-state index is 0.480. The molecule has 0 aliphatic heterocycles. The summed E-state index contributed by atoms with van der Waals surface area (Å²) < 4.78 is 16.2. The monoisotopic (exact) mass is 270 g/mol. The lowest BCUT2D eigenvalue weighted by Crippen LogP contribution is -1.98. The van der Waals surface area contributed by atoms with Crippen LogP contribution < -0.4 is 14.2 Å². The van der Waals surface area contributed by atoms with Crippen LogP contribution in [0.1, 0.15) is 11.1 Å². The van der Waals surface area contributed by atoms with Crippen molar-refractivity contribution in [2.24, 2.45) is 0 Å². The van der Waals surface area contributed by atoms with Crippen LogP contribution in [-0.4, -0.2) is 14.2 Å². The SMILES string of the molecule is C=Cc1ccc(OCc2ccc(OC)cc2)c(OC)c1. The minimum absolute atomic E-state index is 0.480. The molecule has 0 saturated heterocycles. The van der Waals surface area contributed by atoms with E-state index in [1.54, 1.807) is 20.3 Å². The van der Waals surface area contributed by atoms with Crippen molar-refractivity contribution in [1.29, 1.82) is 0 Å². The Morgan fingerprint density at radius 3 is 2.30 bits per heavy atom. The Hall–Kier alpha value is -2.42. The van der Waals surface area contributed by atoms with Crippen LogP contribution in [0.15, 0.2) is 49.0 Å². The van der Waals surface area contributed by atoms with Crippen molar-refractivity contribution >= 4 is 6.08 Å². The predicted octanol–water partition coefficient (Wildman–Crippen LogP) is 3.93. The quantitative estimate of drug-likeness (QED) is 0.796. The standard InChI is InChI=1S/C17H18O3/c1-4-13-7-10-16(17(11-13)19-3)20-12-14-5-8-15(18-2)9-6-14/h4-11H,1,12H2,2-3H3. The molecule has 2 aromatic carbocycles. The summed E-state index contributed by atoms with van der Waals surface area (Å²) in [4.78, 5) is 0. The maximum atomic E-state index is 5.79. The third kappa shape index (κ3) is 3.32. The first-order chi connectivity index (χ1) is 9.76. The van der Waals surface area contributed by atoms with E-state index < -0.39 is 0 Å². The Morgan fingerprint density at radius 1 is 0.950 bits per heavy atom. The summed E-state index contributed by atoms with van der Waals surface area (Å²) in [6, 6.07) is 13.5. The normalized spacial score (nSPS) is 9.90. The lowest BCUT2D eigenvalue weighted by molar-refractivity contribution is 0.284. The molecule has 0 aliphatic carbocycles. The molecular weight excluding hydrogens is 252 g/mol. The Labute approximate surface area is 119 Å². The van der Waals surface area contributed by atoms with Gasteiger partial charge in [-0.3, -0.25) is 0 Å². The van der Waals surface area contributed by atoms with E-state index in [1.165, 1.54) is 0 Å². The lowest BCUT2D eigenvalue weighted by Gasteiger charge is -2.11. The number of hydrogen-bond donors (Lipinski definition) is 0. The highest BCUT2D eigenvalue weighted by atomic mass is 16.5. The topological polar surface area (TPSA) is 27.7 Å². The molecule has 3 heteroatoms. The molecule has 0 aliphatic rings. The third-order valence-corrected chi connectivity index (χ3v) is 2.98. The van der Waals surface area contributed by atoms with Gasteiger partial charge in [0.15, 0.2) is 11.5 Å². The first-order valence-corrected chi connectivity index (χ1v) is 6.33. The van der Waals surface area contributed by atoms with Crippen LogP contribution in [-0.2, 0) is 6.61 Å². The van der Waals surface area contributed by atoms with Crippen LogP contribution in [0.3, 0.4) is 0 Å². The number of methoxy groups -OCH3 is 2. The molecule has 0 unspecified atom stereocenters. The van der Waals surface area contributed by atoms with Crippen LogP contribution in [0.4, 0.5) is 0 Å². The van der Waals surface area contributed by atoms with Gasteiger partial charge in [0.25, 0.3) is 0 Å². The second kappa shape index (κ2) is 6.66. The molecule has 104 valence electrons. The molecule has 3 nitrogen and oxygen atoms in total. The fourth-order valence-electron chi connectivity index (χ4n) is 1.81. The van der Waals surface area contributed by atoms with Crippen molar-refractivity contribution < 1.29 is 14.2 Å². The highest BCUT2D eigenvalue weighted by Crippen LogP contribution is 2.29. The van der Waals surface area contributed by atoms with Gasteiger partial charge in [-0.2, -0.15) is 0 Å². The van der Waals surface area contributed by atoms with Gasteiger partial charge < -0.3 is 14.2 Å². The molecule has 0 atom stereocenters. The second-order valence-electron chi connectivity index (χ2n) is 4.25. The maximum absolute atomic E-state index is 5.79. The number of ether oxygens (including phenoxy) is 3. The maximum Gasteiger partial charge on any atom is 0.161 e. The summed E-state index contributed by atoms with van der Waals surface area (Å²) in [5.74, 6) is 2.26. The van der Waals surface area contributed by atoms with Crippen molar-refractivity contribution in [3.63, 3.8) is 0 Å². The Balaban J connectivity index is 2.07. The van der Waals surface area contributed by atoms with Crippen molar-refractivity contribution in [1.82, 2.24) is 0 Å². The van der Waals surface area contributed by atoms with Crippen molar-refractivity contribution in [2.75, 3.05) is 14.2 Å². The summed E-state index contributed by atoms with van der Waals surface area (Å²) in [7, 11) is 3.28. The van der Waals surface area contributed by atoms with E-state index in [0.717, 1.165) is 16.9 Å². The van der Waals surface area contributed by atoms with Crippen LogP contribution in [0, 0.1) is 0 Å². The van der Waals surface area contributed by atoms with Crippen LogP contribution >= 0.6 is 0 Å². The van der Waals surface area contributed by atoms with Gasteiger partial charge in [-0.05, 0) is 35.4 Å². The molecule has 0 radical (unpaired) electrons.